The first kappa shape index (κ1) is 15.5. The second-order valence-corrected chi connectivity index (χ2v) is 4.65. The average molecular weight is 335 g/mol. The Morgan fingerprint density at radius 2 is 2.05 bits per heavy atom. The zero-order valence-electron chi connectivity index (χ0n) is 9.85. The highest BCUT2D eigenvalue weighted by Crippen LogP contribution is 2.16. The summed E-state index contributed by atoms with van der Waals surface area (Å²) in [5.41, 5.74) is 1.44. The molecule has 0 bridgehead atoms. The molecule has 0 aliphatic rings. The summed E-state index contributed by atoms with van der Waals surface area (Å²) in [4.78, 5) is 23.1. The summed E-state index contributed by atoms with van der Waals surface area (Å²) in [5, 5.41) is 20.1. The molecule has 4 N–H and O–H groups in total. The molecule has 0 spiro atoms. The van der Waals surface area contributed by atoms with Gasteiger partial charge < -0.3 is 10.4 Å². The summed E-state index contributed by atoms with van der Waals surface area (Å²) >= 11 is 2.93. The lowest BCUT2D eigenvalue weighted by atomic mass is 10.1. The van der Waals surface area contributed by atoms with Crippen molar-refractivity contribution >= 4 is 27.7 Å². The fourth-order valence-corrected chi connectivity index (χ4v) is 1.72. The van der Waals surface area contributed by atoms with Gasteiger partial charge in [-0.3, -0.25) is 14.8 Å². The van der Waals surface area contributed by atoms with Crippen molar-refractivity contribution in [3.05, 3.63) is 34.1 Å². The molecule has 1 unspecified atom stereocenters. The van der Waals surface area contributed by atoms with Gasteiger partial charge in [-0.15, -0.1) is 0 Å². The molecule has 0 aliphatic heterocycles. The van der Waals surface area contributed by atoms with Gasteiger partial charge in [0, 0.05) is 5.56 Å². The summed E-state index contributed by atoms with van der Waals surface area (Å²) in [6.45, 7) is 1.28. The molecular formula is C11H12BrFN2O4. The number of carbonyl (C=O) groups is 2. The lowest BCUT2D eigenvalue weighted by Gasteiger charge is -2.19. The van der Waals surface area contributed by atoms with E-state index in [1.165, 1.54) is 24.5 Å². The molecule has 0 aromatic heterocycles. The maximum Gasteiger partial charge on any atom is 0.268 e. The van der Waals surface area contributed by atoms with Gasteiger partial charge >= 0.3 is 0 Å². The van der Waals surface area contributed by atoms with Crippen LogP contribution in [0.1, 0.15) is 17.3 Å². The first-order valence-corrected chi connectivity index (χ1v) is 6.04. The van der Waals surface area contributed by atoms with Crippen molar-refractivity contribution in [3.63, 3.8) is 0 Å². The van der Waals surface area contributed by atoms with Crippen molar-refractivity contribution in [1.82, 2.24) is 10.8 Å². The molecule has 6 nitrogen and oxygen atoms in total. The molecule has 104 valence electrons. The summed E-state index contributed by atoms with van der Waals surface area (Å²) in [7, 11) is 0. The second-order valence-electron chi connectivity index (χ2n) is 3.80. The van der Waals surface area contributed by atoms with E-state index in [-0.39, 0.29) is 10.0 Å². The SMILES string of the molecule is CC(O)[C@H](NC(=O)c1ccc(F)c(Br)c1)C(=O)NO. The molecule has 0 heterocycles. The Bertz CT molecular complexity index is 496. The molecule has 8 heteroatoms. The third-order valence-electron chi connectivity index (χ3n) is 2.34. The highest BCUT2D eigenvalue weighted by atomic mass is 79.9. The van der Waals surface area contributed by atoms with Gasteiger partial charge in [0.1, 0.15) is 11.9 Å². The molecule has 0 radical (unpaired) electrons. The third-order valence-corrected chi connectivity index (χ3v) is 2.95. The molecule has 0 aliphatic carbocycles. The maximum atomic E-state index is 13.0. The number of hydroxylamine groups is 1. The first-order valence-electron chi connectivity index (χ1n) is 5.24. The number of nitrogens with one attached hydrogen (secondary N) is 2. The quantitative estimate of drug-likeness (QED) is 0.478. The highest BCUT2D eigenvalue weighted by molar-refractivity contribution is 9.10. The molecule has 1 rings (SSSR count). The number of hydrogen-bond donors (Lipinski definition) is 4. The standard InChI is InChI=1S/C11H12BrFN2O4/c1-5(16)9(11(18)15-19)14-10(17)6-2-3-8(13)7(12)4-6/h2-5,9,16,19H,1H3,(H,14,17)(H,15,18)/t5?,9-/m0/s1. The number of halogens is 2. The summed E-state index contributed by atoms with van der Waals surface area (Å²) in [5.74, 6) is -2.17. The number of aliphatic hydroxyl groups excluding tert-OH is 1. The van der Waals surface area contributed by atoms with Crippen molar-refractivity contribution in [2.45, 2.75) is 19.1 Å². The van der Waals surface area contributed by atoms with E-state index in [4.69, 9.17) is 5.21 Å². The fraction of sp³-hybridized carbons (Fsp3) is 0.273. The molecule has 0 saturated heterocycles. The molecule has 1 aromatic carbocycles. The van der Waals surface area contributed by atoms with E-state index < -0.39 is 29.8 Å². The maximum absolute atomic E-state index is 13.0. The van der Waals surface area contributed by atoms with Crippen LogP contribution < -0.4 is 10.8 Å². The zero-order valence-corrected chi connectivity index (χ0v) is 11.4. The molecule has 2 amide bonds. The van der Waals surface area contributed by atoms with E-state index in [0.717, 1.165) is 6.07 Å². The normalized spacial score (nSPS) is 13.5. The van der Waals surface area contributed by atoms with Gasteiger partial charge in [0.05, 0.1) is 10.6 Å². The fourth-order valence-electron chi connectivity index (χ4n) is 1.34. The van der Waals surface area contributed by atoms with Crippen LogP contribution in [0.3, 0.4) is 0 Å². The number of aliphatic hydroxyl groups is 1. The molecular weight excluding hydrogens is 323 g/mol. The van der Waals surface area contributed by atoms with Crippen LogP contribution in [-0.2, 0) is 4.79 Å². The predicted octanol–water partition coefficient (Wildman–Crippen LogP) is 0.573. The number of rotatable bonds is 4. The van der Waals surface area contributed by atoms with Crippen LogP contribution in [0, 0.1) is 5.82 Å². The van der Waals surface area contributed by atoms with Gasteiger partial charge in [-0.2, -0.15) is 0 Å². The Labute approximate surface area is 116 Å². The minimum atomic E-state index is -1.32. The van der Waals surface area contributed by atoms with Crippen molar-refractivity contribution in [3.8, 4) is 0 Å². The second kappa shape index (κ2) is 6.60. The molecule has 1 aromatic rings. The summed E-state index contributed by atoms with van der Waals surface area (Å²) in [6, 6.07) is 2.23. The number of amides is 2. The van der Waals surface area contributed by atoms with Crippen LogP contribution >= 0.6 is 15.9 Å². The molecule has 19 heavy (non-hydrogen) atoms. The van der Waals surface area contributed by atoms with Crippen molar-refractivity contribution < 1.29 is 24.3 Å². The van der Waals surface area contributed by atoms with Crippen molar-refractivity contribution in [2.75, 3.05) is 0 Å². The molecule has 0 saturated carbocycles. The van der Waals surface area contributed by atoms with Crippen LogP contribution in [0.4, 0.5) is 4.39 Å². The third kappa shape index (κ3) is 3.98. The van der Waals surface area contributed by atoms with Crippen LogP contribution in [0.25, 0.3) is 0 Å². The highest BCUT2D eigenvalue weighted by Gasteiger charge is 2.25. The summed E-state index contributed by atoms with van der Waals surface area (Å²) in [6.07, 6.45) is -1.21. The van der Waals surface area contributed by atoms with E-state index in [1.807, 2.05) is 0 Å². The average Bonchev–Trinajstić information content (AvgIpc) is 2.37. The Hall–Kier alpha value is -1.51. The monoisotopic (exact) mass is 334 g/mol. The number of carbonyl (C=O) groups excluding carboxylic acids is 2. The van der Waals surface area contributed by atoms with Crippen LogP contribution in [-0.4, -0.2) is 34.3 Å². The Balaban J connectivity index is 2.87. The predicted molar refractivity (Wildman–Crippen MR) is 67.0 cm³/mol. The molecule has 2 atom stereocenters. The van der Waals surface area contributed by atoms with Crippen molar-refractivity contribution in [2.24, 2.45) is 0 Å². The van der Waals surface area contributed by atoms with Gasteiger partial charge in [-0.05, 0) is 41.1 Å². The van der Waals surface area contributed by atoms with Crippen LogP contribution in [0.5, 0.6) is 0 Å². The first-order chi connectivity index (χ1) is 8.86. The summed E-state index contributed by atoms with van der Waals surface area (Å²) < 4.78 is 13.1. The Kier molecular flexibility index (Phi) is 5.40. The minimum absolute atomic E-state index is 0.0976. The van der Waals surface area contributed by atoms with Gasteiger partial charge in [0.25, 0.3) is 11.8 Å². The number of hydrogen-bond acceptors (Lipinski definition) is 4. The van der Waals surface area contributed by atoms with Gasteiger partial charge in [-0.25, -0.2) is 9.87 Å². The lowest BCUT2D eigenvalue weighted by Crippen LogP contribution is -2.51. The lowest BCUT2D eigenvalue weighted by molar-refractivity contribution is -0.133. The van der Waals surface area contributed by atoms with Gasteiger partial charge in [0.15, 0.2) is 0 Å². The van der Waals surface area contributed by atoms with Crippen LogP contribution in [0.15, 0.2) is 22.7 Å². The Morgan fingerprint density at radius 1 is 1.42 bits per heavy atom. The minimum Gasteiger partial charge on any atom is -0.391 e. The van der Waals surface area contributed by atoms with E-state index in [0.29, 0.717) is 0 Å². The zero-order chi connectivity index (χ0) is 14.6. The van der Waals surface area contributed by atoms with Crippen molar-refractivity contribution in [1.29, 1.82) is 0 Å². The topological polar surface area (TPSA) is 98.7 Å². The van der Waals surface area contributed by atoms with Gasteiger partial charge in [0.2, 0.25) is 0 Å². The van der Waals surface area contributed by atoms with E-state index in [1.54, 1.807) is 0 Å². The van der Waals surface area contributed by atoms with E-state index in [2.05, 4.69) is 21.2 Å². The van der Waals surface area contributed by atoms with Crippen LogP contribution in [0.2, 0.25) is 0 Å². The van der Waals surface area contributed by atoms with E-state index >= 15 is 0 Å². The Morgan fingerprint density at radius 3 is 2.53 bits per heavy atom. The van der Waals surface area contributed by atoms with E-state index in [9.17, 15) is 19.1 Å². The molecule has 0 fully saturated rings. The smallest absolute Gasteiger partial charge is 0.268 e. The van der Waals surface area contributed by atoms with Gasteiger partial charge in [-0.1, -0.05) is 0 Å². The largest absolute Gasteiger partial charge is 0.391 e. The number of benzene rings is 1.